The monoisotopic (exact) mass is 277 g/mol. The molecule has 0 radical (unpaired) electrons. The van der Waals surface area contributed by atoms with Crippen LogP contribution in [0.1, 0.15) is 37.9 Å². The summed E-state index contributed by atoms with van der Waals surface area (Å²) in [4.78, 5) is 3.82. The molecule has 1 saturated carbocycles. The largest absolute Gasteiger partial charge is 0.396 e. The Morgan fingerprint density at radius 3 is 2.74 bits per heavy atom. The third-order valence-electron chi connectivity index (χ3n) is 3.11. The van der Waals surface area contributed by atoms with Crippen molar-refractivity contribution < 1.29 is 17.7 Å². The third-order valence-corrected chi connectivity index (χ3v) is 3.11. The van der Waals surface area contributed by atoms with Crippen LogP contribution in [-0.2, 0) is 12.8 Å². The highest BCUT2D eigenvalue weighted by Crippen LogP contribution is 2.34. The van der Waals surface area contributed by atoms with Crippen molar-refractivity contribution in [2.24, 2.45) is 5.92 Å². The molecule has 7 heteroatoms. The molecule has 1 aliphatic rings. The average molecular weight is 277 g/mol. The highest BCUT2D eigenvalue weighted by molar-refractivity contribution is 4.96. The molecule has 1 fully saturated rings. The molecule has 1 aromatic heterocycles. The number of hydrogen-bond acceptors (Lipinski definition) is 4. The quantitative estimate of drug-likeness (QED) is 0.832. The highest BCUT2D eigenvalue weighted by Gasteiger charge is 2.33. The summed E-state index contributed by atoms with van der Waals surface area (Å²) in [7, 11) is 0. The van der Waals surface area contributed by atoms with Gasteiger partial charge in [0, 0.05) is 12.5 Å². The third kappa shape index (κ3) is 4.81. The zero-order valence-corrected chi connectivity index (χ0v) is 10.8. The van der Waals surface area contributed by atoms with Gasteiger partial charge in [0.1, 0.15) is 6.42 Å². The first-order valence-electron chi connectivity index (χ1n) is 6.59. The summed E-state index contributed by atoms with van der Waals surface area (Å²) in [6.07, 6.45) is -1.58. The van der Waals surface area contributed by atoms with Crippen LogP contribution in [0, 0.1) is 5.92 Å². The molecule has 0 saturated heterocycles. The van der Waals surface area contributed by atoms with E-state index in [0.29, 0.717) is 18.2 Å². The maximum atomic E-state index is 12.2. The van der Waals surface area contributed by atoms with Gasteiger partial charge >= 0.3 is 6.18 Å². The van der Waals surface area contributed by atoms with E-state index in [1.54, 1.807) is 0 Å². The molecule has 0 amide bonds. The number of hydrogen-bond donors (Lipinski definition) is 1. The number of rotatable bonds is 7. The van der Waals surface area contributed by atoms with Gasteiger partial charge in [-0.15, -0.1) is 0 Å². The fraction of sp³-hybridized carbons (Fsp3) is 0.833. The van der Waals surface area contributed by atoms with E-state index >= 15 is 0 Å². The maximum absolute atomic E-state index is 12.2. The van der Waals surface area contributed by atoms with Crippen molar-refractivity contribution in [3.05, 3.63) is 11.7 Å². The van der Waals surface area contributed by atoms with Crippen molar-refractivity contribution in [1.29, 1.82) is 0 Å². The van der Waals surface area contributed by atoms with Crippen molar-refractivity contribution >= 4 is 0 Å². The Bertz CT molecular complexity index is 401. The molecular formula is C12H18F3N3O. The fourth-order valence-corrected chi connectivity index (χ4v) is 2.05. The summed E-state index contributed by atoms with van der Waals surface area (Å²) >= 11 is 0. The topological polar surface area (TPSA) is 51.0 Å². The molecule has 19 heavy (non-hydrogen) atoms. The second-order valence-electron chi connectivity index (χ2n) is 5.00. The molecule has 1 unspecified atom stereocenters. The predicted molar refractivity (Wildman–Crippen MR) is 62.6 cm³/mol. The van der Waals surface area contributed by atoms with Crippen molar-refractivity contribution in [2.75, 3.05) is 6.54 Å². The van der Waals surface area contributed by atoms with Gasteiger partial charge in [0.2, 0.25) is 5.89 Å². The summed E-state index contributed by atoms with van der Waals surface area (Å²) in [5.74, 6) is 0.594. The zero-order valence-electron chi connectivity index (χ0n) is 10.8. The molecule has 1 aliphatic carbocycles. The minimum atomic E-state index is -4.29. The van der Waals surface area contributed by atoms with Crippen molar-refractivity contribution in [3.63, 3.8) is 0 Å². The van der Waals surface area contributed by atoms with E-state index in [4.69, 9.17) is 4.52 Å². The van der Waals surface area contributed by atoms with Crippen LogP contribution in [0.5, 0.6) is 0 Å². The first kappa shape index (κ1) is 14.3. The van der Waals surface area contributed by atoms with Gasteiger partial charge < -0.3 is 9.84 Å². The van der Waals surface area contributed by atoms with Crippen LogP contribution in [0.3, 0.4) is 0 Å². The van der Waals surface area contributed by atoms with Crippen LogP contribution in [0.15, 0.2) is 4.52 Å². The van der Waals surface area contributed by atoms with E-state index in [2.05, 4.69) is 22.4 Å². The summed E-state index contributed by atoms with van der Waals surface area (Å²) in [5.41, 5.74) is 0. The van der Waals surface area contributed by atoms with Gasteiger partial charge in [-0.3, -0.25) is 0 Å². The Morgan fingerprint density at radius 2 is 2.16 bits per heavy atom. The normalized spacial score (nSPS) is 17.7. The molecule has 1 N–H and O–H groups in total. The van der Waals surface area contributed by atoms with Gasteiger partial charge in [0.25, 0.3) is 0 Å². The van der Waals surface area contributed by atoms with Crippen molar-refractivity contribution in [3.8, 4) is 0 Å². The van der Waals surface area contributed by atoms with E-state index in [0.717, 1.165) is 25.8 Å². The Morgan fingerprint density at radius 1 is 1.42 bits per heavy atom. The minimum Gasteiger partial charge on any atom is -0.339 e. The second kappa shape index (κ2) is 5.90. The predicted octanol–water partition coefficient (Wildman–Crippen LogP) is 2.50. The van der Waals surface area contributed by atoms with Crippen molar-refractivity contribution in [2.45, 2.75) is 51.2 Å². The van der Waals surface area contributed by atoms with Crippen LogP contribution in [0.2, 0.25) is 0 Å². The van der Waals surface area contributed by atoms with Crippen molar-refractivity contribution in [1.82, 2.24) is 15.5 Å². The van der Waals surface area contributed by atoms with Crippen LogP contribution < -0.4 is 5.32 Å². The molecule has 1 heterocycles. The van der Waals surface area contributed by atoms with Gasteiger partial charge in [-0.1, -0.05) is 12.1 Å². The van der Waals surface area contributed by atoms with E-state index in [1.165, 1.54) is 0 Å². The average Bonchev–Trinajstić information content (AvgIpc) is 3.06. The molecule has 108 valence electrons. The van der Waals surface area contributed by atoms with E-state index < -0.39 is 12.6 Å². The smallest absolute Gasteiger partial charge is 0.339 e. The maximum Gasteiger partial charge on any atom is 0.396 e. The summed E-state index contributed by atoms with van der Waals surface area (Å²) in [6.45, 7) is 2.97. The molecule has 1 aromatic rings. The fourth-order valence-electron chi connectivity index (χ4n) is 2.05. The van der Waals surface area contributed by atoms with Gasteiger partial charge in [-0.25, -0.2) is 0 Å². The van der Waals surface area contributed by atoms with Crippen LogP contribution in [0.25, 0.3) is 0 Å². The van der Waals surface area contributed by atoms with Gasteiger partial charge in [-0.05, 0) is 31.7 Å². The SMILES string of the molecule is CCCNC(Cc1nc(CC(F)(F)F)no1)C1CC1. The molecule has 0 aromatic carbocycles. The molecule has 0 spiro atoms. The molecule has 0 aliphatic heterocycles. The summed E-state index contributed by atoms with van der Waals surface area (Å²) < 4.78 is 41.4. The molecular weight excluding hydrogens is 259 g/mol. The lowest BCUT2D eigenvalue weighted by Crippen LogP contribution is -2.33. The highest BCUT2D eigenvalue weighted by atomic mass is 19.4. The van der Waals surface area contributed by atoms with E-state index in [1.807, 2.05) is 0 Å². The standard InChI is InChI=1S/C12H18F3N3O/c1-2-5-16-9(8-3-4-8)6-11-17-10(18-19-11)7-12(13,14)15/h8-9,16H,2-7H2,1H3. The van der Waals surface area contributed by atoms with Gasteiger partial charge in [-0.2, -0.15) is 18.2 Å². The zero-order chi connectivity index (χ0) is 13.9. The van der Waals surface area contributed by atoms with Crippen LogP contribution in [0.4, 0.5) is 13.2 Å². The second-order valence-corrected chi connectivity index (χ2v) is 5.00. The number of halogens is 3. The number of aromatic nitrogens is 2. The van der Waals surface area contributed by atoms with Crippen LogP contribution >= 0.6 is 0 Å². The number of alkyl halides is 3. The lowest BCUT2D eigenvalue weighted by atomic mass is 10.1. The first-order valence-corrected chi connectivity index (χ1v) is 6.59. The Hall–Kier alpha value is -1.11. The molecule has 4 nitrogen and oxygen atoms in total. The lowest BCUT2D eigenvalue weighted by Gasteiger charge is -2.15. The number of nitrogens with one attached hydrogen (secondary N) is 1. The number of nitrogens with zero attached hydrogens (tertiary/aromatic N) is 2. The van der Waals surface area contributed by atoms with E-state index in [-0.39, 0.29) is 11.9 Å². The molecule has 0 bridgehead atoms. The molecule has 1 atom stereocenters. The summed E-state index contributed by atoms with van der Waals surface area (Å²) in [5, 5.41) is 6.77. The molecule has 2 rings (SSSR count). The Labute approximate surface area is 109 Å². The lowest BCUT2D eigenvalue weighted by molar-refractivity contribution is -0.128. The Balaban J connectivity index is 1.90. The Kier molecular flexibility index (Phi) is 4.44. The van der Waals surface area contributed by atoms with Gasteiger partial charge in [0.05, 0.1) is 0 Å². The minimum absolute atomic E-state index is 0.235. The van der Waals surface area contributed by atoms with Crippen LogP contribution in [-0.4, -0.2) is 28.9 Å². The first-order chi connectivity index (χ1) is 8.98. The summed E-state index contributed by atoms with van der Waals surface area (Å²) in [6, 6.07) is 0.235. The van der Waals surface area contributed by atoms with E-state index in [9.17, 15) is 13.2 Å². The van der Waals surface area contributed by atoms with Gasteiger partial charge in [0.15, 0.2) is 5.82 Å².